The minimum atomic E-state index is -4.67. The monoisotopic (exact) mass is 335 g/mol. The maximum atomic E-state index is 12.9. The molecule has 4 nitrogen and oxygen atoms in total. The van der Waals surface area contributed by atoms with Crippen molar-refractivity contribution in [3.05, 3.63) is 34.3 Å². The third-order valence-corrected chi connectivity index (χ3v) is 4.01. The first kappa shape index (κ1) is 16.6. The lowest BCUT2D eigenvalue weighted by atomic mass is 9.96. The smallest absolute Gasteiger partial charge is 0.394 e. The first-order valence-corrected chi connectivity index (χ1v) is 6.84. The van der Waals surface area contributed by atoms with Crippen LogP contribution in [0.2, 0.25) is 5.02 Å². The Kier molecular flexibility index (Phi) is 4.37. The predicted molar refractivity (Wildman–Crippen MR) is 72.8 cm³/mol. The number of halogens is 4. The van der Waals surface area contributed by atoms with E-state index in [0.29, 0.717) is 5.56 Å². The first-order chi connectivity index (χ1) is 10.1. The van der Waals surface area contributed by atoms with E-state index >= 15 is 0 Å². The van der Waals surface area contributed by atoms with Crippen molar-refractivity contribution in [1.82, 2.24) is 4.90 Å². The van der Waals surface area contributed by atoms with Crippen molar-refractivity contribution < 1.29 is 27.9 Å². The minimum absolute atomic E-state index is 0.180. The second-order valence-electron chi connectivity index (χ2n) is 5.26. The number of aryl methyl sites for hydroxylation is 1. The average Bonchev–Trinajstić information content (AvgIpc) is 2.86. The van der Waals surface area contributed by atoms with Gasteiger partial charge in [-0.3, -0.25) is 9.59 Å². The number of carboxylic acid groups (broad SMARTS) is 1. The van der Waals surface area contributed by atoms with Crippen molar-refractivity contribution in [1.29, 1.82) is 0 Å². The molecule has 1 aliphatic heterocycles. The van der Waals surface area contributed by atoms with Crippen LogP contribution in [-0.2, 0) is 4.79 Å². The van der Waals surface area contributed by atoms with Gasteiger partial charge in [-0.05, 0) is 24.6 Å². The van der Waals surface area contributed by atoms with Crippen LogP contribution < -0.4 is 0 Å². The molecular weight excluding hydrogens is 323 g/mol. The summed E-state index contributed by atoms with van der Waals surface area (Å²) in [5.41, 5.74) is 0.746. The summed E-state index contributed by atoms with van der Waals surface area (Å²) in [7, 11) is 0. The van der Waals surface area contributed by atoms with E-state index in [9.17, 15) is 22.8 Å². The van der Waals surface area contributed by atoms with E-state index in [2.05, 4.69) is 0 Å². The highest BCUT2D eigenvalue weighted by Gasteiger charge is 2.53. The number of carboxylic acids is 1. The maximum absolute atomic E-state index is 12.9. The third-order valence-electron chi connectivity index (χ3n) is 3.77. The quantitative estimate of drug-likeness (QED) is 0.904. The van der Waals surface area contributed by atoms with Crippen LogP contribution in [0.15, 0.2) is 18.2 Å². The molecule has 1 heterocycles. The van der Waals surface area contributed by atoms with Crippen LogP contribution >= 0.6 is 11.6 Å². The predicted octanol–water partition coefficient (Wildman–Crippen LogP) is 2.98. The Hall–Kier alpha value is -1.76. The number of nitrogens with zero attached hydrogens (tertiary/aromatic N) is 1. The molecule has 1 aromatic rings. The standard InChI is InChI=1S/C14H13ClF3NO3/c1-7-2-3-8(15)4-9(7)12(20)19-5-10(13(21)22)11(6-19)14(16,17)18/h2-4,10-11H,5-6H2,1H3,(H,21,22)/t10-,11-/m1/s1. The van der Waals surface area contributed by atoms with Gasteiger partial charge in [0.15, 0.2) is 0 Å². The summed E-state index contributed by atoms with van der Waals surface area (Å²) in [6.07, 6.45) is -4.67. The number of carbonyl (C=O) groups is 2. The van der Waals surface area contributed by atoms with Gasteiger partial charge in [0.1, 0.15) is 0 Å². The van der Waals surface area contributed by atoms with Crippen LogP contribution in [-0.4, -0.2) is 41.1 Å². The molecule has 0 bridgehead atoms. The number of hydrogen-bond donors (Lipinski definition) is 1. The summed E-state index contributed by atoms with van der Waals surface area (Å²) in [6.45, 7) is 0.505. The fraction of sp³-hybridized carbons (Fsp3) is 0.429. The number of alkyl halides is 3. The molecule has 2 atom stereocenters. The van der Waals surface area contributed by atoms with Gasteiger partial charge in [0, 0.05) is 23.7 Å². The normalized spacial score (nSPS) is 22.0. The Bertz CT molecular complexity index is 618. The fourth-order valence-corrected chi connectivity index (χ4v) is 2.72. The molecule has 22 heavy (non-hydrogen) atoms. The Morgan fingerprint density at radius 3 is 2.45 bits per heavy atom. The second-order valence-corrected chi connectivity index (χ2v) is 5.70. The summed E-state index contributed by atoms with van der Waals surface area (Å²) in [5, 5.41) is 9.24. The number of amides is 1. The number of aliphatic carboxylic acids is 1. The molecular formula is C14H13ClF3NO3. The maximum Gasteiger partial charge on any atom is 0.394 e. The van der Waals surface area contributed by atoms with Gasteiger partial charge in [-0.25, -0.2) is 0 Å². The van der Waals surface area contributed by atoms with E-state index in [1.807, 2.05) is 0 Å². The van der Waals surface area contributed by atoms with Gasteiger partial charge < -0.3 is 10.0 Å². The SMILES string of the molecule is Cc1ccc(Cl)cc1C(=O)N1C[C@@H](C(F)(F)F)[C@H](C(=O)O)C1. The average molecular weight is 336 g/mol. The van der Waals surface area contributed by atoms with Gasteiger partial charge in [-0.2, -0.15) is 13.2 Å². The van der Waals surface area contributed by atoms with E-state index in [1.165, 1.54) is 6.07 Å². The summed E-state index contributed by atoms with van der Waals surface area (Å²) in [4.78, 5) is 24.3. The summed E-state index contributed by atoms with van der Waals surface area (Å²) < 4.78 is 38.8. The highest BCUT2D eigenvalue weighted by Crippen LogP contribution is 2.38. The molecule has 1 amide bonds. The van der Waals surface area contributed by atoms with Crippen LogP contribution in [0.25, 0.3) is 0 Å². The van der Waals surface area contributed by atoms with Crippen LogP contribution in [0.4, 0.5) is 13.2 Å². The van der Waals surface area contributed by atoms with E-state index in [0.717, 1.165) is 4.90 Å². The number of carbonyl (C=O) groups excluding carboxylic acids is 1. The zero-order valence-electron chi connectivity index (χ0n) is 11.5. The molecule has 0 spiro atoms. The van der Waals surface area contributed by atoms with Gasteiger partial charge in [-0.15, -0.1) is 0 Å². The minimum Gasteiger partial charge on any atom is -0.481 e. The second kappa shape index (κ2) is 5.79. The molecule has 0 aromatic heterocycles. The Morgan fingerprint density at radius 1 is 1.32 bits per heavy atom. The van der Waals surface area contributed by atoms with Crippen molar-refractivity contribution in [3.8, 4) is 0 Å². The molecule has 0 aliphatic carbocycles. The van der Waals surface area contributed by atoms with E-state index in [1.54, 1.807) is 19.1 Å². The molecule has 1 N–H and O–H groups in total. The largest absolute Gasteiger partial charge is 0.481 e. The van der Waals surface area contributed by atoms with Crippen LogP contribution in [0, 0.1) is 18.8 Å². The Balaban J connectivity index is 2.29. The van der Waals surface area contributed by atoms with Gasteiger partial charge in [0.05, 0.1) is 11.8 Å². The van der Waals surface area contributed by atoms with Crippen LogP contribution in [0.1, 0.15) is 15.9 Å². The lowest BCUT2D eigenvalue weighted by Crippen LogP contribution is -2.34. The molecule has 2 rings (SSSR count). The molecule has 1 fully saturated rings. The molecule has 0 unspecified atom stereocenters. The topological polar surface area (TPSA) is 57.6 Å². The summed E-state index contributed by atoms with van der Waals surface area (Å²) in [5.74, 6) is -5.91. The van der Waals surface area contributed by atoms with E-state index < -0.39 is 43.0 Å². The molecule has 0 radical (unpaired) electrons. The Labute approximate surface area is 129 Å². The molecule has 0 saturated carbocycles. The molecule has 1 saturated heterocycles. The molecule has 8 heteroatoms. The number of benzene rings is 1. The Morgan fingerprint density at radius 2 is 1.95 bits per heavy atom. The molecule has 1 aliphatic rings. The van der Waals surface area contributed by atoms with Gasteiger partial charge in [-0.1, -0.05) is 17.7 Å². The lowest BCUT2D eigenvalue weighted by molar-refractivity contribution is -0.187. The molecule has 1 aromatic carbocycles. The van der Waals surface area contributed by atoms with Gasteiger partial charge >= 0.3 is 12.1 Å². The fourth-order valence-electron chi connectivity index (χ4n) is 2.55. The number of rotatable bonds is 2. The number of hydrogen-bond acceptors (Lipinski definition) is 2. The zero-order chi connectivity index (χ0) is 16.7. The van der Waals surface area contributed by atoms with Crippen molar-refractivity contribution in [2.75, 3.05) is 13.1 Å². The molecule has 120 valence electrons. The summed E-state index contributed by atoms with van der Waals surface area (Å²) >= 11 is 5.80. The van der Waals surface area contributed by atoms with Crippen molar-refractivity contribution in [2.45, 2.75) is 13.1 Å². The van der Waals surface area contributed by atoms with Crippen molar-refractivity contribution >= 4 is 23.5 Å². The highest BCUT2D eigenvalue weighted by molar-refractivity contribution is 6.31. The van der Waals surface area contributed by atoms with Crippen LogP contribution in [0.5, 0.6) is 0 Å². The van der Waals surface area contributed by atoms with Gasteiger partial charge in [0.25, 0.3) is 5.91 Å². The number of likely N-dealkylation sites (tertiary alicyclic amines) is 1. The van der Waals surface area contributed by atoms with Gasteiger partial charge in [0.2, 0.25) is 0 Å². The summed E-state index contributed by atoms with van der Waals surface area (Å²) in [6, 6.07) is 4.52. The first-order valence-electron chi connectivity index (χ1n) is 6.46. The zero-order valence-corrected chi connectivity index (χ0v) is 12.3. The van der Waals surface area contributed by atoms with Crippen molar-refractivity contribution in [2.24, 2.45) is 11.8 Å². The third kappa shape index (κ3) is 3.19. The van der Waals surface area contributed by atoms with Crippen molar-refractivity contribution in [3.63, 3.8) is 0 Å². The van der Waals surface area contributed by atoms with E-state index in [-0.39, 0.29) is 10.6 Å². The van der Waals surface area contributed by atoms with E-state index in [4.69, 9.17) is 16.7 Å². The van der Waals surface area contributed by atoms with Crippen LogP contribution in [0.3, 0.4) is 0 Å². The lowest BCUT2D eigenvalue weighted by Gasteiger charge is -2.19. The highest BCUT2D eigenvalue weighted by atomic mass is 35.5.